The van der Waals surface area contributed by atoms with Crippen LogP contribution in [0.5, 0.6) is 0 Å². The zero-order valence-electron chi connectivity index (χ0n) is 86.9. The number of hydrogen-bond donors (Lipinski definition) is 3. The Kier molecular flexibility index (Phi) is 25.1. The number of rotatable bonds is 21. The van der Waals surface area contributed by atoms with Gasteiger partial charge in [-0.1, -0.05) is 36.4 Å². The predicted octanol–water partition coefficient (Wildman–Crippen LogP) is 18.3. The van der Waals surface area contributed by atoms with Crippen molar-refractivity contribution < 1.29 is 46.7 Å². The van der Waals surface area contributed by atoms with Crippen LogP contribution < -0.4 is 30.7 Å². The van der Waals surface area contributed by atoms with E-state index in [0.717, 1.165) is 140 Å². The smallest absolute Gasteiger partial charge is 0.238 e. The molecule has 34 heteroatoms. The summed E-state index contributed by atoms with van der Waals surface area (Å²) in [6.07, 6.45) is 29.7. The highest BCUT2D eigenvalue weighted by molar-refractivity contribution is 6.12. The highest BCUT2D eigenvalue weighted by Crippen LogP contribution is 2.59. The van der Waals surface area contributed by atoms with Crippen LogP contribution in [-0.4, -0.2) is 251 Å². The molecular weight excluding hydrogens is 1870 g/mol. The van der Waals surface area contributed by atoms with E-state index in [4.69, 9.17) is 34.6 Å². The summed E-state index contributed by atoms with van der Waals surface area (Å²) in [7, 11) is 3.87. The summed E-state index contributed by atoms with van der Waals surface area (Å²) in [5, 5.41) is 9.66. The summed E-state index contributed by atoms with van der Waals surface area (Å²) < 4.78 is 56.2. The first-order chi connectivity index (χ1) is 71.2. The van der Waals surface area contributed by atoms with E-state index in [1.165, 1.54) is 83.1 Å². The quantitative estimate of drug-likeness (QED) is 0.0602. The number of benzene rings is 3. The first kappa shape index (κ1) is 98.2. The van der Waals surface area contributed by atoms with Crippen LogP contribution in [0.15, 0.2) is 147 Å². The largest absolute Gasteiger partial charge is 0.377 e. The molecule has 5 saturated carbocycles. The van der Waals surface area contributed by atoms with Crippen LogP contribution in [0.25, 0.3) is 66.9 Å². The van der Waals surface area contributed by atoms with Crippen LogP contribution in [0.2, 0.25) is 0 Å². The molecule has 2 unspecified atom stereocenters. The molecule has 2 atom stereocenters. The van der Waals surface area contributed by atoms with Gasteiger partial charge in [0.15, 0.2) is 34.9 Å². The van der Waals surface area contributed by atoms with E-state index in [-0.39, 0.29) is 94.4 Å². The molecular formula is C114H133F3N24O7. The summed E-state index contributed by atoms with van der Waals surface area (Å²) in [5.74, 6) is 2.52. The molecule has 31 nitrogen and oxygen atoms in total. The summed E-state index contributed by atoms with van der Waals surface area (Å²) >= 11 is 0. The number of nitrogens with one attached hydrogen (secondary N) is 3. The number of carbonyl (C=O) groups is 6. The number of ether oxygens (including phenoxy) is 1. The maximum atomic E-state index is 14.8. The van der Waals surface area contributed by atoms with Crippen LogP contribution >= 0.6 is 0 Å². The lowest BCUT2D eigenvalue weighted by molar-refractivity contribution is -0.134. The van der Waals surface area contributed by atoms with Crippen molar-refractivity contribution in [2.75, 3.05) is 117 Å². The fourth-order valence-electron chi connectivity index (χ4n) is 26.2. The van der Waals surface area contributed by atoms with Gasteiger partial charge < -0.3 is 68.7 Å². The zero-order valence-corrected chi connectivity index (χ0v) is 86.9. The number of methoxy groups -OCH3 is 1. The first-order valence-electron chi connectivity index (χ1n) is 53.3. The maximum Gasteiger partial charge on any atom is 0.238 e. The van der Waals surface area contributed by atoms with Crippen LogP contribution in [0.1, 0.15) is 220 Å². The Bertz CT molecular complexity index is 7240. The van der Waals surface area contributed by atoms with Crippen molar-refractivity contribution in [3.05, 3.63) is 181 Å². The van der Waals surface area contributed by atoms with E-state index < -0.39 is 33.7 Å². The number of piperidine rings is 5. The monoisotopic (exact) mass is 2010 g/mol. The van der Waals surface area contributed by atoms with Crippen molar-refractivity contribution in [3.63, 3.8) is 0 Å². The molecule has 12 aromatic rings. The molecule has 3 N–H and O–H groups in total. The third-order valence-electron chi connectivity index (χ3n) is 35.5. The number of nitrogens with zero attached hydrogens (tertiary/aromatic N) is 21. The Hall–Kier alpha value is -13.2. The molecule has 13 aliphatic rings. The van der Waals surface area contributed by atoms with E-state index in [0.29, 0.717) is 136 Å². The van der Waals surface area contributed by atoms with Gasteiger partial charge in [-0.15, -0.1) is 0 Å². The molecule has 6 amide bonds. The van der Waals surface area contributed by atoms with Gasteiger partial charge >= 0.3 is 0 Å². The minimum atomic E-state index is -0.673. The molecule has 0 bridgehead atoms. The molecule has 4 spiro atoms. The highest BCUT2D eigenvalue weighted by Gasteiger charge is 2.61. The Labute approximate surface area is 860 Å². The van der Waals surface area contributed by atoms with Crippen LogP contribution in [-0.2, 0) is 49.7 Å². The van der Waals surface area contributed by atoms with Crippen molar-refractivity contribution in [1.82, 2.24) is 88.0 Å². The minimum Gasteiger partial charge on any atom is -0.377 e. The fourth-order valence-corrected chi connectivity index (χ4v) is 26.2. The van der Waals surface area contributed by atoms with Gasteiger partial charge in [0.2, 0.25) is 35.4 Å². The highest BCUT2D eigenvalue weighted by atomic mass is 19.1. The average molecular weight is 2010 g/mol. The SMILES string of the molecule is CC(=O)N1CCC2(CC1)C(=O)N(C1CC(N3CC4CC4C3)C1)c1cc(-c3cc4ncn(C(C)C)c4c(Nc4ccncc4F)n3)ccc12.CC(=O)N1CCC2(CC1)C(=O)N(C1CC(N3CCCC4(CC4)C3)C1)c1cc(-c3cc4ncn(C(C)C)c4c(Nc4ccncc4F)n3)ccc12.COC(C)(C)CN(C)C1CC(N2C(=O)C3(CCN(C(C)=O)CC3)c3ccc(-c4cc5ncn(C(C)C)c5c(Nc5ccncc5F)n4)cc32)C1. The van der Waals surface area contributed by atoms with Gasteiger partial charge in [0.25, 0.3) is 0 Å². The summed E-state index contributed by atoms with van der Waals surface area (Å²) in [6.45, 7) is 30.4. The average Bonchev–Trinajstić information content (AvgIpc) is 1.56. The van der Waals surface area contributed by atoms with E-state index in [1.807, 2.05) is 57.6 Å². The molecule has 5 aliphatic carbocycles. The zero-order chi connectivity index (χ0) is 103. The van der Waals surface area contributed by atoms with Gasteiger partial charge in [-0.2, -0.15) is 0 Å². The lowest BCUT2D eigenvalue weighted by Crippen LogP contribution is -2.59. The number of carbonyl (C=O) groups excluding carboxylic acids is 6. The Balaban J connectivity index is 0.000000122. The molecule has 148 heavy (non-hydrogen) atoms. The molecule has 3 aromatic carbocycles. The minimum absolute atomic E-state index is 0.0408. The number of amides is 6. The van der Waals surface area contributed by atoms with Crippen LogP contribution in [0.4, 0.5) is 64.7 Å². The van der Waals surface area contributed by atoms with Gasteiger partial charge in [0.1, 0.15) is 16.6 Å². The van der Waals surface area contributed by atoms with Crippen LogP contribution in [0, 0.1) is 34.7 Å². The van der Waals surface area contributed by atoms with E-state index in [9.17, 15) is 41.9 Å². The fraction of sp³-hybridized carbons (Fsp3) is 0.500. The number of fused-ring (bicyclic) bond motifs is 10. The molecule has 8 aliphatic heterocycles. The van der Waals surface area contributed by atoms with E-state index in [1.54, 1.807) is 77.5 Å². The Morgan fingerprint density at radius 1 is 0.439 bits per heavy atom. The molecule has 5 saturated heterocycles. The number of halogens is 3. The lowest BCUT2D eigenvalue weighted by Gasteiger charge is -2.49. The van der Waals surface area contributed by atoms with Crippen molar-refractivity contribution in [3.8, 4) is 33.8 Å². The third-order valence-corrected chi connectivity index (χ3v) is 35.5. The number of anilines is 9. The molecule has 10 fully saturated rings. The summed E-state index contributed by atoms with van der Waals surface area (Å²) in [6, 6.07) is 31.6. The van der Waals surface area contributed by atoms with Gasteiger partial charge in [-0.05, 0) is 267 Å². The number of likely N-dealkylation sites (N-methyl/N-ethyl adjacent to an activating group) is 1. The van der Waals surface area contributed by atoms with Gasteiger partial charge in [-0.3, -0.25) is 53.5 Å². The van der Waals surface area contributed by atoms with Gasteiger partial charge in [0, 0.05) is 200 Å². The molecule has 25 rings (SSSR count). The number of pyridine rings is 6. The van der Waals surface area contributed by atoms with Gasteiger partial charge in [0.05, 0.1) is 110 Å². The third kappa shape index (κ3) is 17.3. The second kappa shape index (κ2) is 37.8. The topological polar surface area (TPSA) is 308 Å². The molecule has 9 aromatic heterocycles. The number of hydrogen-bond acceptors (Lipinski definition) is 22. The number of aromatic nitrogens is 12. The summed E-state index contributed by atoms with van der Waals surface area (Å²) in [5.41, 5.74) is 14.4. The van der Waals surface area contributed by atoms with Crippen molar-refractivity contribution in [2.45, 2.75) is 262 Å². The summed E-state index contributed by atoms with van der Waals surface area (Å²) in [4.78, 5) is 141. The first-order valence-corrected chi connectivity index (χ1v) is 53.3. The number of likely N-dealkylation sites (tertiary alicyclic amines) is 5. The van der Waals surface area contributed by atoms with E-state index >= 15 is 0 Å². The molecule has 772 valence electrons. The van der Waals surface area contributed by atoms with Crippen LogP contribution in [0.3, 0.4) is 0 Å². The van der Waals surface area contributed by atoms with Crippen molar-refractivity contribution in [1.29, 1.82) is 0 Å². The van der Waals surface area contributed by atoms with E-state index in [2.05, 4.69) is 166 Å². The van der Waals surface area contributed by atoms with Gasteiger partial charge in [-0.25, -0.2) is 43.1 Å². The Morgan fingerprint density at radius 3 is 1.09 bits per heavy atom. The Morgan fingerprint density at radius 2 is 0.777 bits per heavy atom. The van der Waals surface area contributed by atoms with Crippen molar-refractivity contribution in [2.24, 2.45) is 17.3 Å². The normalized spacial score (nSPS) is 23.3. The predicted molar refractivity (Wildman–Crippen MR) is 564 cm³/mol. The second-order valence-corrected chi connectivity index (χ2v) is 45.8. The lowest BCUT2D eigenvalue weighted by atomic mass is 9.73. The molecule has 0 radical (unpaired) electrons. The van der Waals surface area contributed by atoms with Crippen molar-refractivity contribution >= 4 is 120 Å². The maximum absolute atomic E-state index is 14.8. The second-order valence-electron chi connectivity index (χ2n) is 45.8. The molecule has 17 heterocycles. The standard InChI is InChI=1S/C39H45FN8O2.C38H47FN8O3.C37H41FN8O2/c1-24(2)47-23-42-33-20-32(44-36(35(33)47)43-31-7-13-41-21-30(31)40)26-5-6-29-34(17-26)48(37(50)39(29)11-15-45(16-12-39)25(3)49)28-18-27(19-28)46-14-4-8-38(22-46)9-10-38;1-23(2)46-22-41-32-19-31(43-35(34(32)46)42-30-10-13-40-20-29(30)39)25-8-9-28-33(16-25)47(27-17-26(18-27)44(6)21-37(4,5)50-7)36(49)38(28)11-14-45(15-12-38)24(3)48;1-21(2)45-20-40-32-16-31(42-35(34(32)45)41-30-6-9-39-17-29(30)38)23-4-5-28-33(13-23)46(27-14-26(15-27)44-18-24-12-25(24)19-44)36(48)37(28)7-10-43(11-8-37)22(3)47/h5-7,13,17,20-21,23-24,27-28H,4,8-12,14-16,18-19,22H2,1-3H3,(H,41,43,44);8-10,13,16,19-20,22-23,26-27H,11-12,14-15,17-18,21H2,1-7H3,(H,40,42,43);4-6,9,13,16-17,20-21,24-27H,7-8,10-12,14-15,18-19H2,1-3H3,(H,39,41,42). The number of imidazole rings is 3.